The minimum Gasteiger partial charge on any atom is -0.382 e. The minimum absolute atomic E-state index is 0.275. The molecule has 1 saturated heterocycles. The average molecular weight is 395 g/mol. The second kappa shape index (κ2) is 6.54. The van der Waals surface area contributed by atoms with Gasteiger partial charge in [0, 0.05) is 37.0 Å². The van der Waals surface area contributed by atoms with Gasteiger partial charge in [-0.15, -0.1) is 5.10 Å². The van der Waals surface area contributed by atoms with Crippen LogP contribution in [0, 0.1) is 11.6 Å². The SMILES string of the molecule is Cn1cc(-c2c(N)nn3cnc(N4CCC[C@@H]4c4cc(F)ccc4F)cc23)cn1. The van der Waals surface area contributed by atoms with Crippen molar-refractivity contribution < 1.29 is 8.78 Å². The van der Waals surface area contributed by atoms with Crippen molar-refractivity contribution in [2.24, 2.45) is 7.05 Å². The lowest BCUT2D eigenvalue weighted by molar-refractivity contribution is 0.560. The van der Waals surface area contributed by atoms with Crippen molar-refractivity contribution in [1.29, 1.82) is 0 Å². The number of aromatic nitrogens is 5. The Morgan fingerprint density at radius 2 is 2.07 bits per heavy atom. The lowest BCUT2D eigenvalue weighted by Gasteiger charge is -2.26. The molecular formula is C20H19F2N7. The Labute approximate surface area is 165 Å². The van der Waals surface area contributed by atoms with E-state index in [4.69, 9.17) is 5.73 Å². The summed E-state index contributed by atoms with van der Waals surface area (Å²) in [6.45, 7) is 0.704. The molecule has 148 valence electrons. The normalized spacial score (nSPS) is 16.8. The van der Waals surface area contributed by atoms with Crippen LogP contribution in [0.25, 0.3) is 16.6 Å². The summed E-state index contributed by atoms with van der Waals surface area (Å²) < 4.78 is 31.5. The zero-order chi connectivity index (χ0) is 20.1. The molecule has 1 fully saturated rings. The molecule has 4 aromatic rings. The Bertz CT molecular complexity index is 1210. The quantitative estimate of drug-likeness (QED) is 0.576. The van der Waals surface area contributed by atoms with Crippen LogP contribution in [0.1, 0.15) is 24.4 Å². The molecule has 1 atom stereocenters. The van der Waals surface area contributed by atoms with E-state index in [0.717, 1.165) is 35.6 Å². The fraction of sp³-hybridized carbons (Fsp3) is 0.250. The van der Waals surface area contributed by atoms with Gasteiger partial charge in [0.25, 0.3) is 0 Å². The molecule has 7 nitrogen and oxygen atoms in total. The van der Waals surface area contributed by atoms with E-state index in [0.29, 0.717) is 23.7 Å². The van der Waals surface area contributed by atoms with Crippen LogP contribution in [-0.2, 0) is 7.05 Å². The monoisotopic (exact) mass is 395 g/mol. The Kier molecular flexibility index (Phi) is 3.97. The van der Waals surface area contributed by atoms with E-state index in [-0.39, 0.29) is 6.04 Å². The molecule has 5 rings (SSSR count). The number of hydrogen-bond donors (Lipinski definition) is 1. The van der Waals surface area contributed by atoms with Crippen molar-refractivity contribution in [3.05, 3.63) is 60.2 Å². The molecule has 1 aliphatic heterocycles. The molecular weight excluding hydrogens is 376 g/mol. The van der Waals surface area contributed by atoms with Gasteiger partial charge >= 0.3 is 0 Å². The van der Waals surface area contributed by atoms with E-state index < -0.39 is 11.6 Å². The highest BCUT2D eigenvalue weighted by molar-refractivity contribution is 5.88. The summed E-state index contributed by atoms with van der Waals surface area (Å²) >= 11 is 0. The number of nitrogen functional groups attached to an aromatic ring is 1. The third-order valence-electron chi connectivity index (χ3n) is 5.40. The lowest BCUT2D eigenvalue weighted by Crippen LogP contribution is -2.24. The van der Waals surface area contributed by atoms with Crippen LogP contribution in [0.3, 0.4) is 0 Å². The molecule has 3 aromatic heterocycles. The number of anilines is 2. The molecule has 0 saturated carbocycles. The van der Waals surface area contributed by atoms with Gasteiger partial charge in [-0.2, -0.15) is 5.10 Å². The number of halogens is 2. The second-order valence-corrected chi connectivity index (χ2v) is 7.26. The summed E-state index contributed by atoms with van der Waals surface area (Å²) in [4.78, 5) is 6.51. The zero-order valence-electron chi connectivity index (χ0n) is 15.8. The number of hydrogen-bond acceptors (Lipinski definition) is 5. The number of fused-ring (bicyclic) bond motifs is 1. The van der Waals surface area contributed by atoms with Gasteiger partial charge in [0.2, 0.25) is 0 Å². The van der Waals surface area contributed by atoms with Gasteiger partial charge in [0.15, 0.2) is 5.82 Å². The maximum atomic E-state index is 14.4. The molecule has 29 heavy (non-hydrogen) atoms. The number of benzene rings is 1. The van der Waals surface area contributed by atoms with Gasteiger partial charge in [-0.25, -0.2) is 18.3 Å². The average Bonchev–Trinajstić information content (AvgIpc) is 3.41. The molecule has 9 heteroatoms. The number of aryl methyl sites for hydroxylation is 1. The number of nitrogens with two attached hydrogens (primary N) is 1. The van der Waals surface area contributed by atoms with E-state index in [2.05, 4.69) is 15.2 Å². The summed E-state index contributed by atoms with van der Waals surface area (Å²) in [5, 5.41) is 8.55. The van der Waals surface area contributed by atoms with Crippen LogP contribution >= 0.6 is 0 Å². The Hall–Kier alpha value is -3.49. The Morgan fingerprint density at radius 1 is 1.21 bits per heavy atom. The second-order valence-electron chi connectivity index (χ2n) is 7.26. The van der Waals surface area contributed by atoms with Gasteiger partial charge in [0.1, 0.15) is 23.8 Å². The summed E-state index contributed by atoms with van der Waals surface area (Å²) in [6.07, 6.45) is 6.79. The summed E-state index contributed by atoms with van der Waals surface area (Å²) in [5.41, 5.74) is 8.91. The van der Waals surface area contributed by atoms with Gasteiger partial charge in [0.05, 0.1) is 23.3 Å². The molecule has 0 aliphatic carbocycles. The Morgan fingerprint density at radius 3 is 2.86 bits per heavy atom. The van der Waals surface area contributed by atoms with Gasteiger partial charge in [-0.05, 0) is 31.0 Å². The van der Waals surface area contributed by atoms with Gasteiger partial charge < -0.3 is 10.6 Å². The molecule has 0 unspecified atom stereocenters. The van der Waals surface area contributed by atoms with E-state index in [9.17, 15) is 8.78 Å². The van der Waals surface area contributed by atoms with Crippen molar-refractivity contribution in [1.82, 2.24) is 24.4 Å². The van der Waals surface area contributed by atoms with Gasteiger partial charge in [-0.1, -0.05) is 0 Å². The van der Waals surface area contributed by atoms with Crippen LogP contribution < -0.4 is 10.6 Å². The summed E-state index contributed by atoms with van der Waals surface area (Å²) in [5.74, 6) is 0.202. The van der Waals surface area contributed by atoms with Crippen LogP contribution in [0.4, 0.5) is 20.4 Å². The fourth-order valence-electron chi connectivity index (χ4n) is 4.10. The number of rotatable bonds is 3. The van der Waals surface area contributed by atoms with Crippen molar-refractivity contribution in [2.75, 3.05) is 17.2 Å². The molecule has 0 radical (unpaired) electrons. The minimum atomic E-state index is -0.445. The first-order valence-corrected chi connectivity index (χ1v) is 9.36. The number of nitrogens with zero attached hydrogens (tertiary/aromatic N) is 6. The maximum absolute atomic E-state index is 14.4. The van der Waals surface area contributed by atoms with Crippen LogP contribution in [0.5, 0.6) is 0 Å². The molecule has 0 amide bonds. The molecule has 1 aliphatic rings. The van der Waals surface area contributed by atoms with E-state index in [1.54, 1.807) is 21.7 Å². The van der Waals surface area contributed by atoms with Crippen molar-refractivity contribution in [3.63, 3.8) is 0 Å². The zero-order valence-corrected chi connectivity index (χ0v) is 15.8. The predicted octanol–water partition coefficient (Wildman–Crippen LogP) is 3.33. The van der Waals surface area contributed by atoms with Crippen LogP contribution in [0.15, 0.2) is 43.0 Å². The first-order chi connectivity index (χ1) is 14.0. The summed E-state index contributed by atoms with van der Waals surface area (Å²) in [6, 6.07) is 5.20. The van der Waals surface area contributed by atoms with Crippen LogP contribution in [-0.4, -0.2) is 30.9 Å². The largest absolute Gasteiger partial charge is 0.382 e. The Balaban J connectivity index is 1.60. The highest BCUT2D eigenvalue weighted by Crippen LogP contribution is 2.38. The molecule has 0 bridgehead atoms. The molecule has 1 aromatic carbocycles. The lowest BCUT2D eigenvalue weighted by atomic mass is 10.0. The fourth-order valence-corrected chi connectivity index (χ4v) is 4.10. The standard InChI is InChI=1S/C20H19F2N7/c1-27-10-12(9-25-27)19-17-8-18(24-11-29(17)26-20(19)23)28-6-2-3-16(28)14-7-13(21)4-5-15(14)22/h4-5,7-11,16H,2-3,6H2,1H3,(H2,23,26)/t16-/m1/s1. The predicted molar refractivity (Wildman–Crippen MR) is 105 cm³/mol. The molecule has 4 heterocycles. The first-order valence-electron chi connectivity index (χ1n) is 9.36. The van der Waals surface area contributed by atoms with Crippen molar-refractivity contribution in [3.8, 4) is 11.1 Å². The molecule has 2 N–H and O–H groups in total. The highest BCUT2D eigenvalue weighted by atomic mass is 19.1. The van der Waals surface area contributed by atoms with Crippen LogP contribution in [0.2, 0.25) is 0 Å². The van der Waals surface area contributed by atoms with E-state index >= 15 is 0 Å². The van der Waals surface area contributed by atoms with E-state index in [1.165, 1.54) is 12.1 Å². The topological polar surface area (TPSA) is 77.3 Å². The van der Waals surface area contributed by atoms with Crippen molar-refractivity contribution >= 4 is 17.2 Å². The van der Waals surface area contributed by atoms with E-state index in [1.807, 2.05) is 24.2 Å². The third kappa shape index (κ3) is 2.89. The maximum Gasteiger partial charge on any atom is 0.154 e. The smallest absolute Gasteiger partial charge is 0.154 e. The van der Waals surface area contributed by atoms with Gasteiger partial charge in [-0.3, -0.25) is 4.68 Å². The first kappa shape index (κ1) is 17.6. The summed E-state index contributed by atoms with van der Waals surface area (Å²) in [7, 11) is 1.83. The highest BCUT2D eigenvalue weighted by Gasteiger charge is 2.30. The van der Waals surface area contributed by atoms with Crippen molar-refractivity contribution in [2.45, 2.75) is 18.9 Å². The third-order valence-corrected chi connectivity index (χ3v) is 5.40. The molecule has 0 spiro atoms.